The number of nitrogens with zero attached hydrogens (tertiary/aromatic N) is 3. The van der Waals surface area contributed by atoms with E-state index in [2.05, 4.69) is 10.1 Å². The Hall–Kier alpha value is -1.69. The fraction of sp³-hybridized carbons (Fsp3) is 0.222. The van der Waals surface area contributed by atoms with Crippen molar-refractivity contribution in [2.75, 3.05) is 0 Å². The maximum Gasteiger partial charge on any atom is 0.354 e. The predicted octanol–water partition coefficient (Wildman–Crippen LogP) is 1.39. The number of aryl methyl sites for hydroxylation is 1. The Balaban J connectivity index is 2.24. The first-order valence-electron chi connectivity index (χ1n) is 4.33. The average molecular weight is 223 g/mol. The van der Waals surface area contributed by atoms with Crippen molar-refractivity contribution in [1.82, 2.24) is 14.8 Å². The smallest absolute Gasteiger partial charge is 0.354 e. The van der Waals surface area contributed by atoms with Gasteiger partial charge in [0.2, 0.25) is 0 Å². The molecular weight excluding hydrogens is 214 g/mol. The van der Waals surface area contributed by atoms with Gasteiger partial charge in [0.15, 0.2) is 0 Å². The average Bonchev–Trinajstić information content (AvgIpc) is 2.75. The van der Waals surface area contributed by atoms with Gasteiger partial charge in [0, 0.05) is 11.6 Å². The van der Waals surface area contributed by atoms with Crippen LogP contribution in [0.15, 0.2) is 17.6 Å². The van der Waals surface area contributed by atoms with Crippen LogP contribution in [0.2, 0.25) is 0 Å². The Bertz CT molecular complexity index is 489. The fourth-order valence-electron chi connectivity index (χ4n) is 1.27. The van der Waals surface area contributed by atoms with Gasteiger partial charge in [-0.25, -0.2) is 9.78 Å². The van der Waals surface area contributed by atoms with Crippen LogP contribution in [0, 0.1) is 6.92 Å². The summed E-state index contributed by atoms with van der Waals surface area (Å²) in [6, 6.07) is 1.47. The molecular formula is C9H9N3O2S. The van der Waals surface area contributed by atoms with Crippen LogP contribution >= 0.6 is 11.3 Å². The zero-order valence-corrected chi connectivity index (χ0v) is 8.86. The van der Waals surface area contributed by atoms with E-state index in [1.54, 1.807) is 11.3 Å². The quantitative estimate of drug-likeness (QED) is 0.853. The Morgan fingerprint density at radius 2 is 2.47 bits per heavy atom. The second-order valence-electron chi connectivity index (χ2n) is 3.04. The van der Waals surface area contributed by atoms with E-state index in [1.165, 1.54) is 16.9 Å². The van der Waals surface area contributed by atoms with E-state index in [9.17, 15) is 4.79 Å². The van der Waals surface area contributed by atoms with Crippen molar-refractivity contribution in [3.05, 3.63) is 34.0 Å². The normalized spacial score (nSPS) is 10.5. The molecule has 0 radical (unpaired) electrons. The maximum absolute atomic E-state index is 10.8. The highest BCUT2D eigenvalue weighted by Gasteiger charge is 2.10. The van der Waals surface area contributed by atoms with E-state index in [4.69, 9.17) is 5.11 Å². The van der Waals surface area contributed by atoms with Crippen LogP contribution in [0.4, 0.5) is 0 Å². The zero-order chi connectivity index (χ0) is 10.8. The number of hydrogen-bond donors (Lipinski definition) is 1. The van der Waals surface area contributed by atoms with Crippen molar-refractivity contribution in [2.45, 2.75) is 13.5 Å². The lowest BCUT2D eigenvalue weighted by molar-refractivity contribution is 0.0684. The van der Waals surface area contributed by atoms with E-state index in [0.717, 1.165) is 10.7 Å². The summed E-state index contributed by atoms with van der Waals surface area (Å²) in [7, 11) is 0. The van der Waals surface area contributed by atoms with Gasteiger partial charge >= 0.3 is 5.97 Å². The van der Waals surface area contributed by atoms with Crippen LogP contribution in [0.1, 0.15) is 21.2 Å². The molecule has 0 saturated heterocycles. The summed E-state index contributed by atoms with van der Waals surface area (Å²) in [5.41, 5.74) is 1.02. The highest BCUT2D eigenvalue weighted by molar-refractivity contribution is 7.09. The molecule has 0 amide bonds. The van der Waals surface area contributed by atoms with Gasteiger partial charge in [0.05, 0.1) is 17.2 Å². The highest BCUT2D eigenvalue weighted by Crippen LogP contribution is 2.10. The summed E-state index contributed by atoms with van der Waals surface area (Å²) < 4.78 is 1.43. The van der Waals surface area contributed by atoms with Gasteiger partial charge in [-0.15, -0.1) is 11.3 Å². The molecule has 2 aromatic rings. The van der Waals surface area contributed by atoms with Gasteiger partial charge in [-0.1, -0.05) is 0 Å². The van der Waals surface area contributed by atoms with Crippen molar-refractivity contribution in [1.29, 1.82) is 0 Å². The van der Waals surface area contributed by atoms with Crippen LogP contribution in [0.25, 0.3) is 0 Å². The monoisotopic (exact) mass is 223 g/mol. The second-order valence-corrected chi connectivity index (χ2v) is 4.10. The minimum atomic E-state index is -0.973. The number of carboxylic acids is 1. The Morgan fingerprint density at radius 1 is 1.67 bits per heavy atom. The summed E-state index contributed by atoms with van der Waals surface area (Å²) in [5, 5.41) is 15.7. The number of rotatable bonds is 3. The van der Waals surface area contributed by atoms with Gasteiger partial charge in [0.1, 0.15) is 5.69 Å². The predicted molar refractivity (Wildman–Crippen MR) is 55.1 cm³/mol. The van der Waals surface area contributed by atoms with E-state index >= 15 is 0 Å². The summed E-state index contributed by atoms with van der Waals surface area (Å²) in [5.74, 6) is -0.973. The van der Waals surface area contributed by atoms with Gasteiger partial charge in [-0.3, -0.25) is 4.68 Å². The molecule has 0 aliphatic rings. The minimum Gasteiger partial charge on any atom is -0.477 e. The third-order valence-electron chi connectivity index (χ3n) is 1.91. The van der Waals surface area contributed by atoms with Gasteiger partial charge < -0.3 is 5.11 Å². The van der Waals surface area contributed by atoms with Crippen molar-refractivity contribution in [3.63, 3.8) is 0 Å². The second kappa shape index (κ2) is 3.82. The Morgan fingerprint density at radius 3 is 3.07 bits per heavy atom. The lowest BCUT2D eigenvalue weighted by Gasteiger charge is -2.00. The first-order valence-corrected chi connectivity index (χ1v) is 5.21. The molecule has 2 heterocycles. The van der Waals surface area contributed by atoms with Gasteiger partial charge in [-0.2, -0.15) is 5.10 Å². The van der Waals surface area contributed by atoms with Crippen molar-refractivity contribution < 1.29 is 9.90 Å². The standard InChI is InChI=1S/C9H9N3O2S/c1-6-11-7(5-15-6)4-12-8(9(13)14)2-3-10-12/h2-3,5H,4H2,1H3,(H,13,14). The molecule has 0 unspecified atom stereocenters. The van der Waals surface area contributed by atoms with E-state index in [-0.39, 0.29) is 5.69 Å². The third kappa shape index (κ3) is 2.04. The summed E-state index contributed by atoms with van der Waals surface area (Å²) in [6.45, 7) is 2.31. The van der Waals surface area contributed by atoms with Crippen LogP contribution in [0.3, 0.4) is 0 Å². The van der Waals surface area contributed by atoms with Crippen LogP contribution in [0.5, 0.6) is 0 Å². The van der Waals surface area contributed by atoms with Crippen LogP contribution in [-0.4, -0.2) is 25.8 Å². The molecule has 0 aliphatic carbocycles. The molecule has 78 valence electrons. The van der Waals surface area contributed by atoms with Crippen LogP contribution in [-0.2, 0) is 6.54 Å². The molecule has 0 spiro atoms. The SMILES string of the molecule is Cc1nc(Cn2nccc2C(=O)O)cs1. The number of carboxylic acid groups (broad SMARTS) is 1. The summed E-state index contributed by atoms with van der Waals surface area (Å²) in [4.78, 5) is 15.1. The topological polar surface area (TPSA) is 68.0 Å². The molecule has 5 nitrogen and oxygen atoms in total. The molecule has 1 N–H and O–H groups in total. The van der Waals surface area contributed by atoms with Crippen molar-refractivity contribution >= 4 is 17.3 Å². The molecule has 0 bridgehead atoms. The first kappa shape index (κ1) is 9.85. The lowest BCUT2D eigenvalue weighted by Crippen LogP contribution is -2.10. The first-order chi connectivity index (χ1) is 7.16. The van der Waals surface area contributed by atoms with Crippen molar-refractivity contribution in [3.8, 4) is 0 Å². The molecule has 0 fully saturated rings. The number of thiazole rings is 1. The van der Waals surface area contributed by atoms with E-state index in [0.29, 0.717) is 6.54 Å². The number of aromatic nitrogens is 3. The largest absolute Gasteiger partial charge is 0.477 e. The maximum atomic E-state index is 10.8. The Kier molecular flexibility index (Phi) is 2.51. The van der Waals surface area contributed by atoms with Gasteiger partial charge in [0.25, 0.3) is 0 Å². The number of hydrogen-bond acceptors (Lipinski definition) is 4. The van der Waals surface area contributed by atoms with Crippen LogP contribution < -0.4 is 0 Å². The molecule has 0 saturated carbocycles. The fourth-order valence-corrected chi connectivity index (χ4v) is 1.88. The highest BCUT2D eigenvalue weighted by atomic mass is 32.1. The lowest BCUT2D eigenvalue weighted by atomic mass is 10.4. The molecule has 2 aromatic heterocycles. The molecule has 0 atom stereocenters. The van der Waals surface area contributed by atoms with E-state index < -0.39 is 5.97 Å². The van der Waals surface area contributed by atoms with Crippen molar-refractivity contribution in [2.24, 2.45) is 0 Å². The summed E-state index contributed by atoms with van der Waals surface area (Å²) in [6.07, 6.45) is 1.47. The molecule has 15 heavy (non-hydrogen) atoms. The third-order valence-corrected chi connectivity index (χ3v) is 2.74. The molecule has 0 aliphatic heterocycles. The van der Waals surface area contributed by atoms with E-state index in [1.807, 2.05) is 12.3 Å². The summed E-state index contributed by atoms with van der Waals surface area (Å²) >= 11 is 1.54. The molecule has 2 rings (SSSR count). The van der Waals surface area contributed by atoms with Gasteiger partial charge in [-0.05, 0) is 13.0 Å². The minimum absolute atomic E-state index is 0.181. The molecule has 6 heteroatoms. The zero-order valence-electron chi connectivity index (χ0n) is 8.04. The molecule has 0 aromatic carbocycles. The Labute approximate surface area is 90.0 Å². The number of carbonyl (C=O) groups is 1. The number of aromatic carboxylic acids is 1.